The summed E-state index contributed by atoms with van der Waals surface area (Å²) < 4.78 is 0.973. The number of likely N-dealkylation sites (tertiary alicyclic amines) is 1. The highest BCUT2D eigenvalue weighted by atomic mass is 79.9. The van der Waals surface area contributed by atoms with Gasteiger partial charge in [0, 0.05) is 28.2 Å². The highest BCUT2D eigenvalue weighted by Gasteiger charge is 2.35. The molecule has 3 heterocycles. The second-order valence-electron chi connectivity index (χ2n) is 6.82. The van der Waals surface area contributed by atoms with Crippen molar-refractivity contribution in [2.45, 2.75) is 25.8 Å². The lowest BCUT2D eigenvalue weighted by Crippen LogP contribution is -2.43. The summed E-state index contributed by atoms with van der Waals surface area (Å²) >= 11 is 4.83. The number of halogens is 1. The van der Waals surface area contributed by atoms with Gasteiger partial charge in [-0.3, -0.25) is 14.6 Å². The summed E-state index contributed by atoms with van der Waals surface area (Å²) in [5.41, 5.74) is 2.96. The smallest absolute Gasteiger partial charge is 0.256 e. The molecule has 0 spiro atoms. The highest BCUT2D eigenvalue weighted by molar-refractivity contribution is 9.10. The third kappa shape index (κ3) is 4.23. The standard InChI is InChI=1S/C21H19BrN4O2S/c1-13-16(7-8-17(24-13)14-4-2-5-15(22)12-14)20(28)26-10-3-6-18(26)19(27)25-21-23-9-11-29-21/h2,4-5,7-9,11-12,18H,3,6,10H2,1H3,(H,23,25,27). The van der Waals surface area contributed by atoms with E-state index >= 15 is 0 Å². The van der Waals surface area contributed by atoms with E-state index in [-0.39, 0.29) is 11.8 Å². The van der Waals surface area contributed by atoms with E-state index in [0.717, 1.165) is 22.2 Å². The maximum absolute atomic E-state index is 13.2. The number of pyridine rings is 1. The predicted octanol–water partition coefficient (Wildman–Crippen LogP) is 4.52. The van der Waals surface area contributed by atoms with E-state index in [1.165, 1.54) is 11.3 Å². The fourth-order valence-corrected chi connectivity index (χ4v) is 4.44. The Balaban J connectivity index is 1.54. The Hall–Kier alpha value is -2.58. The number of carbonyl (C=O) groups is 2. The van der Waals surface area contributed by atoms with E-state index in [2.05, 4.69) is 31.2 Å². The molecule has 2 amide bonds. The van der Waals surface area contributed by atoms with Gasteiger partial charge in [0.1, 0.15) is 6.04 Å². The lowest BCUT2D eigenvalue weighted by molar-refractivity contribution is -0.119. The van der Waals surface area contributed by atoms with Crippen LogP contribution in [0.1, 0.15) is 28.9 Å². The van der Waals surface area contributed by atoms with Crippen molar-refractivity contribution in [1.29, 1.82) is 0 Å². The Kier molecular flexibility index (Phi) is 5.73. The van der Waals surface area contributed by atoms with Crippen molar-refractivity contribution in [2.75, 3.05) is 11.9 Å². The maximum atomic E-state index is 13.2. The summed E-state index contributed by atoms with van der Waals surface area (Å²) in [4.78, 5) is 36.2. The summed E-state index contributed by atoms with van der Waals surface area (Å²) in [5, 5.41) is 5.15. The number of aryl methyl sites for hydroxylation is 1. The molecule has 1 atom stereocenters. The first-order chi connectivity index (χ1) is 14.0. The molecule has 1 fully saturated rings. The predicted molar refractivity (Wildman–Crippen MR) is 117 cm³/mol. The van der Waals surface area contributed by atoms with Crippen molar-refractivity contribution in [1.82, 2.24) is 14.9 Å². The molecule has 8 heteroatoms. The molecule has 148 valence electrons. The van der Waals surface area contributed by atoms with Gasteiger partial charge in [0.25, 0.3) is 5.91 Å². The summed E-state index contributed by atoms with van der Waals surface area (Å²) in [7, 11) is 0. The number of nitrogens with one attached hydrogen (secondary N) is 1. The van der Waals surface area contributed by atoms with Gasteiger partial charge in [-0.2, -0.15) is 0 Å². The maximum Gasteiger partial charge on any atom is 0.256 e. The molecule has 0 bridgehead atoms. The molecule has 1 aliphatic heterocycles. The largest absolute Gasteiger partial charge is 0.327 e. The van der Waals surface area contributed by atoms with E-state index in [9.17, 15) is 9.59 Å². The molecule has 1 aliphatic rings. The zero-order valence-electron chi connectivity index (χ0n) is 15.8. The van der Waals surface area contributed by atoms with Crippen LogP contribution in [0.4, 0.5) is 5.13 Å². The quantitative estimate of drug-likeness (QED) is 0.607. The minimum Gasteiger partial charge on any atom is -0.327 e. The third-order valence-corrected chi connectivity index (χ3v) is 6.10. The molecule has 4 rings (SSSR count). The van der Waals surface area contributed by atoms with Gasteiger partial charge < -0.3 is 10.2 Å². The van der Waals surface area contributed by atoms with E-state index in [0.29, 0.717) is 29.4 Å². The number of aromatic nitrogens is 2. The van der Waals surface area contributed by atoms with Gasteiger partial charge >= 0.3 is 0 Å². The molecule has 2 aromatic heterocycles. The molecule has 1 saturated heterocycles. The number of carbonyl (C=O) groups excluding carboxylic acids is 2. The Morgan fingerprint density at radius 2 is 2.14 bits per heavy atom. The van der Waals surface area contributed by atoms with Gasteiger partial charge in [0.05, 0.1) is 17.0 Å². The molecule has 1 unspecified atom stereocenters. The Labute approximate surface area is 181 Å². The average molecular weight is 471 g/mol. The number of thiazole rings is 1. The zero-order valence-corrected chi connectivity index (χ0v) is 18.2. The topological polar surface area (TPSA) is 75.2 Å². The van der Waals surface area contributed by atoms with Crippen LogP contribution in [0.15, 0.2) is 52.4 Å². The van der Waals surface area contributed by atoms with Gasteiger partial charge in [0.2, 0.25) is 5.91 Å². The van der Waals surface area contributed by atoms with Crippen LogP contribution in [0.25, 0.3) is 11.3 Å². The number of nitrogens with zero attached hydrogens (tertiary/aromatic N) is 3. The fourth-order valence-electron chi connectivity index (χ4n) is 3.51. The summed E-state index contributed by atoms with van der Waals surface area (Å²) in [6.45, 7) is 2.39. The minimum atomic E-state index is -0.490. The van der Waals surface area contributed by atoms with Crippen molar-refractivity contribution >= 4 is 44.2 Å². The van der Waals surface area contributed by atoms with E-state index in [4.69, 9.17) is 0 Å². The summed E-state index contributed by atoms with van der Waals surface area (Å²) in [6, 6.07) is 11.0. The third-order valence-electron chi connectivity index (χ3n) is 4.92. The van der Waals surface area contributed by atoms with Crippen LogP contribution >= 0.6 is 27.3 Å². The van der Waals surface area contributed by atoms with Crippen molar-refractivity contribution in [3.05, 3.63) is 63.7 Å². The molecule has 6 nitrogen and oxygen atoms in total. The van der Waals surface area contributed by atoms with Crippen LogP contribution in [0.3, 0.4) is 0 Å². The normalized spacial score (nSPS) is 16.1. The van der Waals surface area contributed by atoms with E-state index in [1.54, 1.807) is 22.5 Å². The van der Waals surface area contributed by atoms with Crippen LogP contribution in [0.5, 0.6) is 0 Å². The number of anilines is 1. The van der Waals surface area contributed by atoms with Crippen molar-refractivity contribution in [3.63, 3.8) is 0 Å². The monoisotopic (exact) mass is 470 g/mol. The minimum absolute atomic E-state index is 0.160. The molecule has 0 aliphatic carbocycles. The summed E-state index contributed by atoms with van der Waals surface area (Å²) in [6.07, 6.45) is 3.08. The van der Waals surface area contributed by atoms with E-state index < -0.39 is 6.04 Å². The van der Waals surface area contributed by atoms with Crippen molar-refractivity contribution < 1.29 is 9.59 Å². The highest BCUT2D eigenvalue weighted by Crippen LogP contribution is 2.26. The molecular weight excluding hydrogens is 452 g/mol. The first-order valence-corrected chi connectivity index (χ1v) is 10.9. The molecule has 1 aromatic carbocycles. The number of rotatable bonds is 4. The van der Waals surface area contributed by atoms with Gasteiger partial charge in [-0.05, 0) is 44.0 Å². The molecule has 1 N–H and O–H groups in total. The number of hydrogen-bond acceptors (Lipinski definition) is 5. The lowest BCUT2D eigenvalue weighted by Gasteiger charge is -2.24. The molecule has 0 radical (unpaired) electrons. The van der Waals surface area contributed by atoms with Gasteiger partial charge in [0.15, 0.2) is 5.13 Å². The van der Waals surface area contributed by atoms with E-state index in [1.807, 2.05) is 37.3 Å². The average Bonchev–Trinajstić information content (AvgIpc) is 3.39. The molecule has 29 heavy (non-hydrogen) atoms. The van der Waals surface area contributed by atoms with Crippen LogP contribution in [-0.2, 0) is 4.79 Å². The number of amides is 2. The number of hydrogen-bond donors (Lipinski definition) is 1. The first-order valence-electron chi connectivity index (χ1n) is 9.28. The Morgan fingerprint density at radius 1 is 1.28 bits per heavy atom. The molecule has 3 aromatic rings. The molecular formula is C21H19BrN4O2S. The first kappa shape index (κ1) is 19.7. The van der Waals surface area contributed by atoms with Gasteiger partial charge in [-0.25, -0.2) is 4.98 Å². The zero-order chi connectivity index (χ0) is 20.4. The number of benzene rings is 1. The van der Waals surface area contributed by atoms with Crippen LogP contribution in [0, 0.1) is 6.92 Å². The second kappa shape index (κ2) is 8.42. The SMILES string of the molecule is Cc1nc(-c2cccc(Br)c2)ccc1C(=O)N1CCCC1C(=O)Nc1nccs1. The van der Waals surface area contributed by atoms with Crippen LogP contribution in [-0.4, -0.2) is 39.3 Å². The van der Waals surface area contributed by atoms with Crippen LogP contribution in [0.2, 0.25) is 0 Å². The summed E-state index contributed by atoms with van der Waals surface area (Å²) in [5.74, 6) is -0.352. The van der Waals surface area contributed by atoms with Crippen molar-refractivity contribution in [2.24, 2.45) is 0 Å². The lowest BCUT2D eigenvalue weighted by atomic mass is 10.1. The second-order valence-corrected chi connectivity index (χ2v) is 8.63. The van der Waals surface area contributed by atoms with Gasteiger partial charge in [-0.1, -0.05) is 28.1 Å². The Bertz CT molecular complexity index is 1050. The Morgan fingerprint density at radius 3 is 2.86 bits per heavy atom. The van der Waals surface area contributed by atoms with Gasteiger partial charge in [-0.15, -0.1) is 11.3 Å². The van der Waals surface area contributed by atoms with Crippen molar-refractivity contribution in [3.8, 4) is 11.3 Å². The van der Waals surface area contributed by atoms with Crippen LogP contribution < -0.4 is 5.32 Å². The fraction of sp³-hybridized carbons (Fsp3) is 0.238. The molecule has 0 saturated carbocycles.